The summed E-state index contributed by atoms with van der Waals surface area (Å²) in [5.41, 5.74) is 1.04. The van der Waals surface area contributed by atoms with Crippen LogP contribution >= 0.6 is 0 Å². The summed E-state index contributed by atoms with van der Waals surface area (Å²) in [6.07, 6.45) is 1.69. The molecule has 4 heteroatoms. The van der Waals surface area contributed by atoms with Gasteiger partial charge in [-0.25, -0.2) is 0 Å². The lowest BCUT2D eigenvalue weighted by molar-refractivity contribution is -0.123. The normalized spacial score (nSPS) is 11.3. The molecule has 0 atom stereocenters. The van der Waals surface area contributed by atoms with Gasteiger partial charge in [0.25, 0.3) is 0 Å². The molecule has 0 saturated carbocycles. The number of benzene rings is 1. The summed E-state index contributed by atoms with van der Waals surface area (Å²) in [6, 6.07) is 8.78. The lowest BCUT2D eigenvalue weighted by atomic mass is 10.2. The Morgan fingerprint density at radius 2 is 1.89 bits per heavy atom. The van der Waals surface area contributed by atoms with E-state index in [4.69, 9.17) is 13.9 Å². The summed E-state index contributed by atoms with van der Waals surface area (Å²) in [6.45, 7) is 9.06. The lowest BCUT2D eigenvalue weighted by Crippen LogP contribution is -2.21. The SMILES string of the molecule is C=Cc1ccccc1O[SiH2]CC(OCC)OCC. The molecule has 0 unspecified atom stereocenters. The molecule has 100 valence electrons. The largest absolute Gasteiger partial charge is 0.549 e. The molecule has 0 radical (unpaired) electrons. The fourth-order valence-electron chi connectivity index (χ4n) is 1.63. The topological polar surface area (TPSA) is 27.7 Å². The summed E-state index contributed by atoms with van der Waals surface area (Å²) in [5, 5.41) is 0. The molecule has 0 aliphatic rings. The molecule has 18 heavy (non-hydrogen) atoms. The van der Waals surface area contributed by atoms with Crippen LogP contribution < -0.4 is 4.43 Å². The zero-order chi connectivity index (χ0) is 13.2. The third-order valence-corrected chi connectivity index (χ3v) is 3.68. The van der Waals surface area contributed by atoms with E-state index in [9.17, 15) is 0 Å². The van der Waals surface area contributed by atoms with Crippen molar-refractivity contribution in [1.82, 2.24) is 0 Å². The molecule has 0 saturated heterocycles. The summed E-state index contributed by atoms with van der Waals surface area (Å²) >= 11 is 0. The van der Waals surface area contributed by atoms with Crippen LogP contribution in [0.2, 0.25) is 6.04 Å². The van der Waals surface area contributed by atoms with Gasteiger partial charge in [0.2, 0.25) is 9.76 Å². The smallest absolute Gasteiger partial charge is 0.224 e. The molecule has 1 rings (SSSR count). The van der Waals surface area contributed by atoms with Crippen LogP contribution in [0.15, 0.2) is 30.8 Å². The summed E-state index contributed by atoms with van der Waals surface area (Å²) in [4.78, 5) is 0. The number of hydrogen-bond acceptors (Lipinski definition) is 3. The predicted molar refractivity (Wildman–Crippen MR) is 77.6 cm³/mol. The minimum absolute atomic E-state index is 0.123. The fraction of sp³-hybridized carbons (Fsp3) is 0.429. The predicted octanol–water partition coefficient (Wildman–Crippen LogP) is 2.61. The Kier molecular flexibility index (Phi) is 7.40. The highest BCUT2D eigenvalue weighted by Crippen LogP contribution is 2.18. The molecule has 0 fully saturated rings. The van der Waals surface area contributed by atoms with Crippen LogP contribution in [0.4, 0.5) is 0 Å². The van der Waals surface area contributed by atoms with Gasteiger partial charge in [-0.2, -0.15) is 0 Å². The van der Waals surface area contributed by atoms with Gasteiger partial charge < -0.3 is 13.9 Å². The van der Waals surface area contributed by atoms with Gasteiger partial charge in [-0.1, -0.05) is 30.9 Å². The molecular weight excluding hydrogens is 244 g/mol. The highest BCUT2D eigenvalue weighted by molar-refractivity contribution is 6.28. The van der Waals surface area contributed by atoms with Crippen molar-refractivity contribution in [1.29, 1.82) is 0 Å². The highest BCUT2D eigenvalue weighted by atomic mass is 28.2. The van der Waals surface area contributed by atoms with Crippen LogP contribution in [0, 0.1) is 0 Å². The maximum atomic E-state index is 5.86. The second-order valence-corrected chi connectivity index (χ2v) is 4.99. The van der Waals surface area contributed by atoms with Crippen molar-refractivity contribution in [3.05, 3.63) is 36.4 Å². The molecule has 1 aromatic carbocycles. The van der Waals surface area contributed by atoms with E-state index in [1.165, 1.54) is 0 Å². The third-order valence-electron chi connectivity index (χ3n) is 2.46. The highest BCUT2D eigenvalue weighted by Gasteiger charge is 2.09. The first-order valence-corrected chi connectivity index (χ1v) is 7.97. The number of para-hydroxylation sites is 1. The molecule has 0 spiro atoms. The van der Waals surface area contributed by atoms with E-state index >= 15 is 0 Å². The van der Waals surface area contributed by atoms with Gasteiger partial charge in [-0.15, -0.1) is 0 Å². The van der Waals surface area contributed by atoms with Gasteiger partial charge >= 0.3 is 0 Å². The standard InChI is InChI=1S/C14H22O3Si/c1-4-12-9-7-8-10-13(12)17-18-11-14(15-5-2)16-6-3/h4,7-10,14H,1,5-6,11,18H2,2-3H3. The Morgan fingerprint density at radius 1 is 1.22 bits per heavy atom. The fourth-order valence-corrected chi connectivity index (χ4v) is 2.76. The molecule has 1 aromatic rings. The molecule has 0 aliphatic carbocycles. The quantitative estimate of drug-likeness (QED) is 0.508. The second-order valence-electron chi connectivity index (χ2n) is 3.72. The third kappa shape index (κ3) is 5.04. The van der Waals surface area contributed by atoms with Crippen LogP contribution in [0.1, 0.15) is 19.4 Å². The van der Waals surface area contributed by atoms with Crippen molar-refractivity contribution in [2.75, 3.05) is 13.2 Å². The number of ether oxygens (including phenoxy) is 2. The van der Waals surface area contributed by atoms with Gasteiger partial charge in [-0.05, 0) is 19.9 Å². The van der Waals surface area contributed by atoms with E-state index < -0.39 is 9.76 Å². The Hall–Kier alpha value is -1.10. The van der Waals surface area contributed by atoms with E-state index in [0.717, 1.165) is 17.4 Å². The summed E-state index contributed by atoms with van der Waals surface area (Å²) < 4.78 is 16.8. The van der Waals surface area contributed by atoms with E-state index in [0.29, 0.717) is 13.2 Å². The van der Waals surface area contributed by atoms with Crippen molar-refractivity contribution >= 4 is 15.8 Å². The molecule has 0 aliphatic heterocycles. The van der Waals surface area contributed by atoms with Crippen LogP contribution in [-0.2, 0) is 9.47 Å². The first-order chi connectivity index (χ1) is 8.81. The zero-order valence-electron chi connectivity index (χ0n) is 11.2. The zero-order valence-corrected chi connectivity index (χ0v) is 12.6. The second kappa shape index (κ2) is 8.91. The molecule has 0 amide bonds. The number of rotatable bonds is 9. The van der Waals surface area contributed by atoms with Gasteiger partial charge in [-0.3, -0.25) is 0 Å². The number of hydrogen-bond donors (Lipinski definition) is 0. The van der Waals surface area contributed by atoms with Crippen molar-refractivity contribution in [2.24, 2.45) is 0 Å². The Labute approximate surface area is 112 Å². The van der Waals surface area contributed by atoms with Crippen LogP contribution in [0.3, 0.4) is 0 Å². The van der Waals surface area contributed by atoms with Crippen LogP contribution in [0.5, 0.6) is 5.75 Å². The van der Waals surface area contributed by atoms with Gasteiger partial charge in [0.15, 0.2) is 6.29 Å². The average molecular weight is 266 g/mol. The van der Waals surface area contributed by atoms with E-state index in [2.05, 4.69) is 6.58 Å². The van der Waals surface area contributed by atoms with E-state index in [1.807, 2.05) is 44.2 Å². The van der Waals surface area contributed by atoms with Crippen molar-refractivity contribution in [3.63, 3.8) is 0 Å². The molecule has 0 N–H and O–H groups in total. The minimum atomic E-state index is -0.704. The monoisotopic (exact) mass is 266 g/mol. The minimum Gasteiger partial charge on any atom is -0.549 e. The first kappa shape index (κ1) is 15.0. The van der Waals surface area contributed by atoms with Crippen LogP contribution in [-0.4, -0.2) is 29.3 Å². The maximum Gasteiger partial charge on any atom is 0.224 e. The molecule has 0 aromatic heterocycles. The van der Waals surface area contributed by atoms with Gasteiger partial charge in [0.1, 0.15) is 5.75 Å². The Morgan fingerprint density at radius 3 is 2.50 bits per heavy atom. The van der Waals surface area contributed by atoms with Crippen molar-refractivity contribution in [2.45, 2.75) is 26.2 Å². The molecule has 3 nitrogen and oxygen atoms in total. The summed E-state index contributed by atoms with van der Waals surface area (Å²) in [5.74, 6) is 0.908. The molecular formula is C14H22O3Si. The Bertz CT molecular complexity index is 349. The van der Waals surface area contributed by atoms with Gasteiger partial charge in [0, 0.05) is 24.8 Å². The van der Waals surface area contributed by atoms with Gasteiger partial charge in [0.05, 0.1) is 0 Å². The van der Waals surface area contributed by atoms with E-state index in [-0.39, 0.29) is 6.29 Å². The first-order valence-electron chi connectivity index (χ1n) is 6.39. The molecule has 0 bridgehead atoms. The summed E-state index contributed by atoms with van der Waals surface area (Å²) in [7, 11) is -0.704. The van der Waals surface area contributed by atoms with E-state index in [1.54, 1.807) is 0 Å². The molecule has 0 heterocycles. The van der Waals surface area contributed by atoms with Crippen molar-refractivity contribution < 1.29 is 13.9 Å². The lowest BCUT2D eigenvalue weighted by Gasteiger charge is -2.17. The van der Waals surface area contributed by atoms with Crippen molar-refractivity contribution in [3.8, 4) is 5.75 Å². The Balaban J connectivity index is 2.41. The maximum absolute atomic E-state index is 5.86. The average Bonchev–Trinajstić information content (AvgIpc) is 2.40. The van der Waals surface area contributed by atoms with Crippen LogP contribution in [0.25, 0.3) is 6.08 Å².